The molecule has 3 saturated carbocycles. The molecule has 0 aliphatic heterocycles. The van der Waals surface area contributed by atoms with Gasteiger partial charge in [0, 0.05) is 6.42 Å². The van der Waals surface area contributed by atoms with Gasteiger partial charge in [-0.25, -0.2) is 0 Å². The lowest BCUT2D eigenvalue weighted by molar-refractivity contribution is -0.178. The molecule has 8 unspecified atom stereocenters. The smallest absolute Gasteiger partial charge is 0.308 e. The van der Waals surface area contributed by atoms with Gasteiger partial charge in [0.25, 0.3) is 0 Å². The Hall–Kier alpha value is -0.650. The van der Waals surface area contributed by atoms with Crippen LogP contribution in [0.5, 0.6) is 0 Å². The number of hydrogen-bond donors (Lipinski definition) is 0. The van der Waals surface area contributed by atoms with E-state index in [4.69, 9.17) is 14.7 Å². The molecule has 2 bridgehead atoms. The van der Waals surface area contributed by atoms with E-state index in [0.29, 0.717) is 12.3 Å². The van der Waals surface area contributed by atoms with E-state index in [9.17, 15) is 4.79 Å². The Morgan fingerprint density at radius 3 is 2.83 bits per heavy atom. The summed E-state index contributed by atoms with van der Waals surface area (Å²) < 4.78 is 11.2. The number of carbonyl (C=O) groups is 1. The van der Waals surface area contributed by atoms with E-state index in [0.717, 1.165) is 30.3 Å². The summed E-state index contributed by atoms with van der Waals surface area (Å²) in [6.45, 7) is 4.32. The van der Waals surface area contributed by atoms with Crippen molar-refractivity contribution in [3.8, 4) is 6.07 Å². The molecular formula is C19H30NO3P. The molecule has 8 atom stereocenters. The summed E-state index contributed by atoms with van der Waals surface area (Å²) in [6.07, 6.45) is 7.23. The van der Waals surface area contributed by atoms with Crippen molar-refractivity contribution in [1.29, 1.82) is 5.26 Å². The standard InChI is InChI=1S/C19H30NO3P/c1-12(23-18(21)6-7-19(2,24)11-20)22-10-14-8-13-9-17(14)16-5-3-4-15(13)16/h12-17H,3-10,24H2,1-2H3. The molecule has 0 aromatic heterocycles. The predicted molar refractivity (Wildman–Crippen MR) is 95.0 cm³/mol. The Morgan fingerprint density at radius 1 is 1.33 bits per heavy atom. The summed E-state index contributed by atoms with van der Waals surface area (Å²) in [5.41, 5.74) is 0. The van der Waals surface area contributed by atoms with Crippen molar-refractivity contribution in [3.63, 3.8) is 0 Å². The fourth-order valence-electron chi connectivity index (χ4n) is 5.36. The Labute approximate surface area is 147 Å². The highest BCUT2D eigenvalue weighted by Gasteiger charge is 2.53. The van der Waals surface area contributed by atoms with Crippen LogP contribution in [0.4, 0.5) is 0 Å². The second kappa shape index (κ2) is 7.30. The van der Waals surface area contributed by atoms with Crippen LogP contribution >= 0.6 is 9.24 Å². The molecule has 0 radical (unpaired) electrons. The van der Waals surface area contributed by atoms with Crippen molar-refractivity contribution >= 4 is 15.2 Å². The topological polar surface area (TPSA) is 59.3 Å². The van der Waals surface area contributed by atoms with E-state index in [1.165, 1.54) is 32.1 Å². The molecule has 0 spiro atoms. The lowest BCUT2D eigenvalue weighted by Gasteiger charge is -2.32. The third-order valence-corrected chi connectivity index (χ3v) is 6.93. The summed E-state index contributed by atoms with van der Waals surface area (Å²) >= 11 is 0. The number of ether oxygens (including phenoxy) is 2. The maximum atomic E-state index is 11.9. The molecular weight excluding hydrogens is 321 g/mol. The maximum absolute atomic E-state index is 11.9. The fraction of sp³-hybridized carbons (Fsp3) is 0.895. The van der Waals surface area contributed by atoms with Crippen LogP contribution in [0, 0.1) is 40.9 Å². The molecule has 0 heterocycles. The second-order valence-corrected chi connectivity index (χ2v) is 9.61. The molecule has 5 heteroatoms. The van der Waals surface area contributed by atoms with Crippen molar-refractivity contribution in [2.75, 3.05) is 6.61 Å². The van der Waals surface area contributed by atoms with Gasteiger partial charge in [0.1, 0.15) is 0 Å². The van der Waals surface area contributed by atoms with Gasteiger partial charge in [0.05, 0.1) is 17.8 Å². The van der Waals surface area contributed by atoms with Gasteiger partial charge in [-0.2, -0.15) is 5.26 Å². The highest BCUT2D eigenvalue weighted by atomic mass is 31.0. The van der Waals surface area contributed by atoms with Gasteiger partial charge in [-0.3, -0.25) is 4.79 Å². The van der Waals surface area contributed by atoms with Crippen molar-refractivity contribution < 1.29 is 14.3 Å². The van der Waals surface area contributed by atoms with Gasteiger partial charge >= 0.3 is 5.97 Å². The lowest BCUT2D eigenvalue weighted by atomic mass is 9.76. The first-order valence-corrected chi connectivity index (χ1v) is 9.98. The first-order valence-electron chi connectivity index (χ1n) is 9.41. The van der Waals surface area contributed by atoms with Crippen LogP contribution < -0.4 is 0 Å². The number of esters is 1. The first-order chi connectivity index (χ1) is 11.4. The normalized spacial score (nSPS) is 37.5. The molecule has 134 valence electrons. The largest absolute Gasteiger partial charge is 0.436 e. The van der Waals surface area contributed by atoms with Crippen LogP contribution in [0.25, 0.3) is 0 Å². The van der Waals surface area contributed by atoms with E-state index in [1.54, 1.807) is 13.8 Å². The minimum absolute atomic E-state index is 0.249. The van der Waals surface area contributed by atoms with Gasteiger partial charge < -0.3 is 9.47 Å². The Kier molecular flexibility index (Phi) is 5.52. The van der Waals surface area contributed by atoms with Crippen LogP contribution in [0.3, 0.4) is 0 Å². The zero-order chi connectivity index (χ0) is 17.3. The monoisotopic (exact) mass is 351 g/mol. The van der Waals surface area contributed by atoms with Crippen LogP contribution in [0.2, 0.25) is 0 Å². The number of hydrogen-bond acceptors (Lipinski definition) is 4. The summed E-state index contributed by atoms with van der Waals surface area (Å²) in [6, 6.07) is 2.17. The molecule has 0 aromatic carbocycles. The molecule has 0 aromatic rings. The molecule has 3 aliphatic carbocycles. The van der Waals surface area contributed by atoms with Crippen molar-refractivity contribution in [2.45, 2.75) is 70.2 Å². The summed E-state index contributed by atoms with van der Waals surface area (Å²) in [5, 5.41) is 8.40. The molecule has 0 saturated heterocycles. The van der Waals surface area contributed by atoms with Gasteiger partial charge in [0.2, 0.25) is 0 Å². The number of carbonyl (C=O) groups excluding carboxylic acids is 1. The number of fused-ring (bicyclic) bond motifs is 5. The second-order valence-electron chi connectivity index (χ2n) is 8.33. The Morgan fingerprint density at radius 2 is 2.08 bits per heavy atom. The molecule has 3 rings (SSSR count). The van der Waals surface area contributed by atoms with E-state index in [1.807, 2.05) is 0 Å². The van der Waals surface area contributed by atoms with Crippen molar-refractivity contribution in [1.82, 2.24) is 0 Å². The predicted octanol–water partition coefficient (Wildman–Crippen LogP) is 3.90. The molecule has 0 N–H and O–H groups in total. The van der Waals surface area contributed by atoms with Crippen LogP contribution in [-0.2, 0) is 14.3 Å². The van der Waals surface area contributed by atoms with Gasteiger partial charge in [-0.15, -0.1) is 9.24 Å². The first kappa shape index (κ1) is 18.2. The molecule has 3 aliphatic rings. The zero-order valence-electron chi connectivity index (χ0n) is 14.9. The summed E-state index contributed by atoms with van der Waals surface area (Å²) in [4.78, 5) is 11.9. The van der Waals surface area contributed by atoms with E-state index < -0.39 is 11.4 Å². The van der Waals surface area contributed by atoms with Crippen molar-refractivity contribution in [3.05, 3.63) is 0 Å². The fourth-order valence-corrected chi connectivity index (χ4v) is 5.50. The maximum Gasteiger partial charge on any atom is 0.308 e. The zero-order valence-corrected chi connectivity index (χ0v) is 16.0. The van der Waals surface area contributed by atoms with Crippen LogP contribution in [-0.4, -0.2) is 24.0 Å². The third-order valence-electron chi connectivity index (χ3n) is 6.51. The summed E-state index contributed by atoms with van der Waals surface area (Å²) in [5.74, 6) is 4.10. The minimum atomic E-state index is -0.565. The third kappa shape index (κ3) is 3.94. The van der Waals surface area contributed by atoms with Crippen molar-refractivity contribution in [2.24, 2.45) is 29.6 Å². The van der Waals surface area contributed by atoms with Crippen LogP contribution in [0.15, 0.2) is 0 Å². The average molecular weight is 351 g/mol. The SMILES string of the molecule is CC(OCC1CC2CC1C1CCCC21)OC(=O)CCC(C)(P)C#N. The Bertz CT molecular complexity index is 515. The van der Waals surface area contributed by atoms with Gasteiger partial charge in [-0.05, 0) is 75.5 Å². The van der Waals surface area contributed by atoms with Gasteiger partial charge in [-0.1, -0.05) is 6.42 Å². The highest BCUT2D eigenvalue weighted by Crippen LogP contribution is 2.60. The highest BCUT2D eigenvalue weighted by molar-refractivity contribution is 7.19. The lowest BCUT2D eigenvalue weighted by Crippen LogP contribution is -2.29. The van der Waals surface area contributed by atoms with E-state index in [2.05, 4.69) is 15.3 Å². The molecule has 24 heavy (non-hydrogen) atoms. The molecule has 4 nitrogen and oxygen atoms in total. The summed E-state index contributed by atoms with van der Waals surface area (Å²) in [7, 11) is 2.48. The van der Waals surface area contributed by atoms with Crippen LogP contribution in [0.1, 0.15) is 58.8 Å². The molecule has 0 amide bonds. The van der Waals surface area contributed by atoms with Gasteiger partial charge in [0.15, 0.2) is 6.29 Å². The number of nitrogens with zero attached hydrogens (tertiary/aromatic N) is 1. The minimum Gasteiger partial charge on any atom is -0.436 e. The number of rotatable bonds is 7. The van der Waals surface area contributed by atoms with E-state index >= 15 is 0 Å². The number of nitriles is 1. The van der Waals surface area contributed by atoms with E-state index in [-0.39, 0.29) is 12.4 Å². The average Bonchev–Trinajstić information content (AvgIpc) is 3.23. The molecule has 3 fully saturated rings. The Balaban J connectivity index is 1.37. The quantitative estimate of drug-likeness (QED) is 0.396.